The minimum absolute atomic E-state index is 0.0526. The minimum Gasteiger partial charge on any atom is -0.508 e. The van der Waals surface area contributed by atoms with E-state index in [2.05, 4.69) is 0 Å². The van der Waals surface area contributed by atoms with Gasteiger partial charge in [-0.25, -0.2) is 4.39 Å². The lowest BCUT2D eigenvalue weighted by atomic mass is 10.1. The Bertz CT molecular complexity index is 926. The van der Waals surface area contributed by atoms with Gasteiger partial charge in [-0.15, -0.1) is 0 Å². The lowest BCUT2D eigenvalue weighted by molar-refractivity contribution is 0.433. The van der Waals surface area contributed by atoms with Crippen molar-refractivity contribution in [3.8, 4) is 17.2 Å². The highest BCUT2D eigenvalue weighted by Gasteiger charge is 2.16. The van der Waals surface area contributed by atoms with Crippen molar-refractivity contribution in [2.45, 2.75) is 20.3 Å². The number of rotatable bonds is 3. The van der Waals surface area contributed by atoms with E-state index in [9.17, 15) is 14.3 Å². The lowest BCUT2D eigenvalue weighted by Gasteiger charge is -2.10. The molecular formula is C18H15FO4. The quantitative estimate of drug-likeness (QED) is 0.783. The molecule has 0 saturated heterocycles. The van der Waals surface area contributed by atoms with Crippen LogP contribution in [0.15, 0.2) is 45.6 Å². The van der Waals surface area contributed by atoms with Gasteiger partial charge >= 0.3 is 0 Å². The van der Waals surface area contributed by atoms with Crippen molar-refractivity contribution in [2.24, 2.45) is 0 Å². The zero-order valence-corrected chi connectivity index (χ0v) is 12.7. The predicted octanol–water partition coefficient (Wildman–Crippen LogP) is 4.30. The predicted molar refractivity (Wildman–Crippen MR) is 84.7 cm³/mol. The van der Waals surface area contributed by atoms with Crippen LogP contribution in [-0.4, -0.2) is 5.11 Å². The highest BCUT2D eigenvalue weighted by Crippen LogP contribution is 2.29. The molecule has 0 radical (unpaired) electrons. The second-order valence-corrected chi connectivity index (χ2v) is 5.20. The largest absolute Gasteiger partial charge is 0.508 e. The molecule has 0 bridgehead atoms. The highest BCUT2D eigenvalue weighted by atomic mass is 19.1. The molecule has 0 amide bonds. The van der Waals surface area contributed by atoms with Gasteiger partial charge in [0.25, 0.3) is 0 Å². The molecule has 1 heterocycles. The smallest absolute Gasteiger partial charge is 0.235 e. The van der Waals surface area contributed by atoms with E-state index in [0.717, 1.165) is 0 Å². The summed E-state index contributed by atoms with van der Waals surface area (Å²) in [5.41, 5.74) is 0.623. The van der Waals surface area contributed by atoms with Crippen molar-refractivity contribution in [3.63, 3.8) is 0 Å². The van der Waals surface area contributed by atoms with Crippen molar-refractivity contribution >= 4 is 11.0 Å². The maximum atomic E-state index is 13.0. The molecule has 0 fully saturated rings. The molecule has 5 heteroatoms. The monoisotopic (exact) mass is 314 g/mol. The van der Waals surface area contributed by atoms with Crippen LogP contribution in [0.1, 0.15) is 18.2 Å². The van der Waals surface area contributed by atoms with Crippen LogP contribution < -0.4 is 10.2 Å². The molecule has 23 heavy (non-hydrogen) atoms. The third-order valence-electron chi connectivity index (χ3n) is 3.63. The fraction of sp³-hybridized carbons (Fsp3) is 0.167. The molecule has 3 rings (SSSR count). The Kier molecular flexibility index (Phi) is 3.78. The molecule has 0 spiro atoms. The van der Waals surface area contributed by atoms with Gasteiger partial charge in [-0.1, -0.05) is 6.92 Å². The first kappa shape index (κ1) is 15.1. The third-order valence-corrected chi connectivity index (χ3v) is 3.63. The van der Waals surface area contributed by atoms with Crippen molar-refractivity contribution in [2.75, 3.05) is 0 Å². The molecule has 1 N–H and O–H groups in total. The molecule has 3 aromatic rings. The zero-order valence-electron chi connectivity index (χ0n) is 12.7. The summed E-state index contributed by atoms with van der Waals surface area (Å²) in [5, 5.41) is 10.2. The van der Waals surface area contributed by atoms with E-state index in [0.29, 0.717) is 28.7 Å². The van der Waals surface area contributed by atoms with Crippen molar-refractivity contribution in [3.05, 3.63) is 63.8 Å². The summed E-state index contributed by atoms with van der Waals surface area (Å²) in [4.78, 5) is 12.7. The van der Waals surface area contributed by atoms with Gasteiger partial charge in [-0.05, 0) is 49.2 Å². The second-order valence-electron chi connectivity index (χ2n) is 5.20. The van der Waals surface area contributed by atoms with Gasteiger partial charge in [0.2, 0.25) is 11.2 Å². The minimum atomic E-state index is -0.386. The fourth-order valence-electron chi connectivity index (χ4n) is 2.39. The second kappa shape index (κ2) is 5.76. The molecule has 0 aliphatic carbocycles. The topological polar surface area (TPSA) is 59.7 Å². The van der Waals surface area contributed by atoms with Crippen LogP contribution in [-0.2, 0) is 6.42 Å². The van der Waals surface area contributed by atoms with Gasteiger partial charge in [0, 0.05) is 6.07 Å². The molecule has 4 nitrogen and oxygen atoms in total. The van der Waals surface area contributed by atoms with Crippen LogP contribution in [0.5, 0.6) is 17.2 Å². The van der Waals surface area contributed by atoms with Crippen molar-refractivity contribution in [1.82, 2.24) is 0 Å². The first-order chi connectivity index (χ1) is 11.0. The van der Waals surface area contributed by atoms with Crippen LogP contribution in [0, 0.1) is 12.7 Å². The SMILES string of the molecule is CCc1cc2c(=O)c(Oc3ccc(F)cc3)c(C)oc2cc1O. The van der Waals surface area contributed by atoms with E-state index < -0.39 is 0 Å². The maximum absolute atomic E-state index is 13.0. The molecule has 0 saturated carbocycles. The summed E-state index contributed by atoms with van der Waals surface area (Å²) in [5.74, 6) is 0.389. The number of aryl methyl sites for hydroxylation is 2. The number of halogens is 1. The van der Waals surface area contributed by atoms with Crippen molar-refractivity contribution < 1.29 is 18.7 Å². The number of benzene rings is 2. The summed E-state index contributed by atoms with van der Waals surface area (Å²) in [6.45, 7) is 3.48. The Morgan fingerprint density at radius 1 is 1.22 bits per heavy atom. The van der Waals surface area contributed by atoms with Crippen LogP contribution >= 0.6 is 0 Å². The summed E-state index contributed by atoms with van der Waals surface area (Å²) in [7, 11) is 0. The number of ether oxygens (including phenoxy) is 1. The Morgan fingerprint density at radius 3 is 2.57 bits per heavy atom. The number of phenols is 1. The molecular weight excluding hydrogens is 299 g/mol. The number of aromatic hydroxyl groups is 1. The molecule has 2 aromatic carbocycles. The van der Waals surface area contributed by atoms with Crippen LogP contribution in [0.25, 0.3) is 11.0 Å². The van der Waals surface area contributed by atoms with Crippen molar-refractivity contribution in [1.29, 1.82) is 0 Å². The van der Waals surface area contributed by atoms with E-state index >= 15 is 0 Å². The van der Waals surface area contributed by atoms with E-state index in [4.69, 9.17) is 9.15 Å². The maximum Gasteiger partial charge on any atom is 0.235 e. The van der Waals surface area contributed by atoms with Gasteiger partial charge in [-0.2, -0.15) is 0 Å². The first-order valence-corrected chi connectivity index (χ1v) is 7.22. The highest BCUT2D eigenvalue weighted by molar-refractivity contribution is 5.81. The Balaban J connectivity index is 2.15. The third kappa shape index (κ3) is 2.77. The normalized spacial score (nSPS) is 10.9. The molecule has 0 aliphatic heterocycles. The number of fused-ring (bicyclic) bond motifs is 1. The standard InChI is InChI=1S/C18H15FO4/c1-3-11-8-14-16(9-15(11)20)22-10(2)18(17(14)21)23-13-6-4-12(19)5-7-13/h4-9,20H,3H2,1-2H3. The summed E-state index contributed by atoms with van der Waals surface area (Å²) in [6, 6.07) is 8.41. The van der Waals surface area contributed by atoms with Gasteiger partial charge in [0.15, 0.2) is 0 Å². The van der Waals surface area contributed by atoms with Gasteiger partial charge in [0.05, 0.1) is 5.39 Å². The summed E-state index contributed by atoms with van der Waals surface area (Å²) >= 11 is 0. The lowest BCUT2D eigenvalue weighted by Crippen LogP contribution is -2.08. The molecule has 118 valence electrons. The van der Waals surface area contributed by atoms with E-state index in [1.165, 1.54) is 30.3 Å². The molecule has 0 atom stereocenters. The van der Waals surface area contributed by atoms with Gasteiger partial charge in [-0.3, -0.25) is 4.79 Å². The average Bonchev–Trinajstić information content (AvgIpc) is 2.53. The number of hydrogen-bond donors (Lipinski definition) is 1. The number of hydrogen-bond acceptors (Lipinski definition) is 4. The Labute approximate surface area is 131 Å². The van der Waals surface area contributed by atoms with E-state index in [1.807, 2.05) is 6.92 Å². The fourth-order valence-corrected chi connectivity index (χ4v) is 2.39. The zero-order chi connectivity index (χ0) is 16.6. The Hall–Kier alpha value is -2.82. The van der Waals surface area contributed by atoms with Gasteiger partial charge in [0.1, 0.15) is 28.7 Å². The average molecular weight is 314 g/mol. The Morgan fingerprint density at radius 2 is 1.91 bits per heavy atom. The molecule has 0 aliphatic rings. The molecule has 0 unspecified atom stereocenters. The van der Waals surface area contributed by atoms with E-state index in [-0.39, 0.29) is 28.5 Å². The van der Waals surface area contributed by atoms with Crippen LogP contribution in [0.4, 0.5) is 4.39 Å². The van der Waals surface area contributed by atoms with E-state index in [1.54, 1.807) is 13.0 Å². The summed E-state index contributed by atoms with van der Waals surface area (Å²) < 4.78 is 24.1. The van der Waals surface area contributed by atoms with Crippen LogP contribution in [0.2, 0.25) is 0 Å². The first-order valence-electron chi connectivity index (χ1n) is 7.22. The molecule has 1 aromatic heterocycles. The number of phenolic OH excluding ortho intramolecular Hbond substituents is 1. The van der Waals surface area contributed by atoms with Gasteiger partial charge < -0.3 is 14.3 Å². The van der Waals surface area contributed by atoms with Crippen LogP contribution in [0.3, 0.4) is 0 Å². The summed E-state index contributed by atoms with van der Waals surface area (Å²) in [6.07, 6.45) is 0.587.